The number of benzene rings is 3. The van der Waals surface area contributed by atoms with E-state index in [0.29, 0.717) is 46.6 Å². The normalized spacial score (nSPS) is 15.5. The van der Waals surface area contributed by atoms with Gasteiger partial charge in [-0.3, -0.25) is 9.59 Å². The number of rotatable bonds is 6. The van der Waals surface area contributed by atoms with Crippen LogP contribution in [-0.4, -0.2) is 25.5 Å². The number of hydrogen-bond donors (Lipinski definition) is 1. The van der Waals surface area contributed by atoms with Gasteiger partial charge in [0.25, 0.3) is 5.91 Å². The summed E-state index contributed by atoms with van der Waals surface area (Å²) in [5, 5.41) is 2.51. The van der Waals surface area contributed by atoms with E-state index in [2.05, 4.69) is 5.32 Å². The Morgan fingerprint density at radius 3 is 2.31 bits per heavy atom. The number of hydrogen-bond acceptors (Lipinski definition) is 4. The molecule has 2 aliphatic rings. The molecule has 8 heteroatoms. The quantitative estimate of drug-likeness (QED) is 0.499. The van der Waals surface area contributed by atoms with Gasteiger partial charge in [-0.15, -0.1) is 0 Å². The van der Waals surface area contributed by atoms with Crippen LogP contribution in [0.2, 0.25) is 0 Å². The van der Waals surface area contributed by atoms with Gasteiger partial charge in [-0.25, -0.2) is 0 Å². The van der Waals surface area contributed by atoms with Gasteiger partial charge in [0.05, 0.1) is 11.0 Å². The number of ether oxygens (including phenoxy) is 2. The zero-order chi connectivity index (χ0) is 24.8. The van der Waals surface area contributed by atoms with Gasteiger partial charge in [0.1, 0.15) is 5.78 Å². The number of halogens is 3. The zero-order valence-corrected chi connectivity index (χ0v) is 18.9. The Bertz CT molecular complexity index is 1320. The van der Waals surface area contributed by atoms with E-state index in [1.165, 1.54) is 7.05 Å². The Kier molecular flexibility index (Phi) is 5.54. The molecule has 5 rings (SSSR count). The van der Waals surface area contributed by atoms with Gasteiger partial charge in [0.2, 0.25) is 6.79 Å². The van der Waals surface area contributed by atoms with E-state index in [9.17, 15) is 22.8 Å². The molecule has 5 nitrogen and oxygen atoms in total. The average molecular weight is 483 g/mol. The van der Waals surface area contributed by atoms with E-state index >= 15 is 0 Å². The summed E-state index contributed by atoms with van der Waals surface area (Å²) in [6.45, 7) is 0.122. The van der Waals surface area contributed by atoms with Gasteiger partial charge in [-0.1, -0.05) is 24.3 Å². The van der Waals surface area contributed by atoms with Crippen molar-refractivity contribution >= 4 is 11.7 Å². The van der Waals surface area contributed by atoms with E-state index in [1.807, 2.05) is 6.07 Å². The molecule has 1 saturated carbocycles. The number of carbonyl (C=O) groups is 2. The Hall–Kier alpha value is -3.81. The first-order valence-electron chi connectivity index (χ1n) is 11.2. The second kappa shape index (κ2) is 8.45. The number of alkyl halides is 3. The molecule has 1 aliphatic carbocycles. The van der Waals surface area contributed by atoms with Crippen LogP contribution in [0, 0.1) is 0 Å². The highest BCUT2D eigenvalue weighted by Gasteiger charge is 2.51. The highest BCUT2D eigenvalue weighted by Crippen LogP contribution is 2.51. The van der Waals surface area contributed by atoms with E-state index in [0.717, 1.165) is 17.7 Å². The van der Waals surface area contributed by atoms with Gasteiger partial charge in [0, 0.05) is 20.5 Å². The van der Waals surface area contributed by atoms with Crippen LogP contribution in [-0.2, 0) is 22.8 Å². The summed E-state index contributed by atoms with van der Waals surface area (Å²) >= 11 is 0. The predicted octanol–water partition coefficient (Wildman–Crippen LogP) is 5.55. The molecule has 1 aliphatic heterocycles. The van der Waals surface area contributed by atoms with Crippen molar-refractivity contribution in [2.24, 2.45) is 0 Å². The number of fused-ring (bicyclic) bond motifs is 1. The molecular weight excluding hydrogens is 459 g/mol. The molecule has 1 fully saturated rings. The molecule has 0 spiro atoms. The van der Waals surface area contributed by atoms with Crippen molar-refractivity contribution in [2.45, 2.75) is 30.9 Å². The standard InChI is InChI=1S/C27H22F3NO4.H2/c1-31-25(33)18-4-2-17(3-5-18)19-10-16(11-21(13-19)27(28,29)30)12-24(32)26(8-9-26)20-6-7-22-23(14-20)35-15-34-22;/h2-7,10-11,13-14H,8-9,12,15H2,1H3,(H,31,33);1H. The molecule has 1 N–H and O–H groups in total. The number of carbonyl (C=O) groups excluding carboxylic acids is 2. The van der Waals surface area contributed by atoms with Gasteiger partial charge < -0.3 is 14.8 Å². The lowest BCUT2D eigenvalue weighted by Crippen LogP contribution is -2.22. The molecule has 1 amide bonds. The van der Waals surface area contributed by atoms with E-state index < -0.39 is 17.2 Å². The lowest BCUT2D eigenvalue weighted by molar-refractivity contribution is -0.137. The Morgan fingerprint density at radius 1 is 0.943 bits per heavy atom. The van der Waals surface area contributed by atoms with Crippen molar-refractivity contribution in [3.05, 3.63) is 82.9 Å². The lowest BCUT2D eigenvalue weighted by atomic mass is 9.86. The minimum absolute atomic E-state index is 0. The lowest BCUT2D eigenvalue weighted by Gasteiger charge is -2.17. The van der Waals surface area contributed by atoms with Crippen molar-refractivity contribution in [1.29, 1.82) is 0 Å². The summed E-state index contributed by atoms with van der Waals surface area (Å²) in [5.74, 6) is 0.770. The van der Waals surface area contributed by atoms with Crippen LogP contribution in [0.3, 0.4) is 0 Å². The minimum Gasteiger partial charge on any atom is -0.454 e. The molecule has 0 atom stereocenters. The van der Waals surface area contributed by atoms with Crippen molar-refractivity contribution in [2.75, 3.05) is 13.8 Å². The minimum atomic E-state index is -4.57. The molecule has 0 aromatic heterocycles. The van der Waals surface area contributed by atoms with Crippen LogP contribution in [0.15, 0.2) is 60.7 Å². The first kappa shape index (κ1) is 23.0. The molecule has 0 unspecified atom stereocenters. The summed E-state index contributed by atoms with van der Waals surface area (Å²) in [4.78, 5) is 25.2. The average Bonchev–Trinajstić information content (AvgIpc) is 3.53. The molecule has 1 heterocycles. The van der Waals surface area contributed by atoms with E-state index in [4.69, 9.17) is 9.47 Å². The third-order valence-electron chi connectivity index (χ3n) is 6.60. The SMILES string of the molecule is CNC(=O)c1ccc(-c2cc(CC(=O)C3(c4ccc5c(c4)OCO5)CC3)cc(C(F)(F)F)c2)cc1.[HH]. The van der Waals surface area contributed by atoms with Crippen molar-refractivity contribution in [3.63, 3.8) is 0 Å². The van der Waals surface area contributed by atoms with Gasteiger partial charge in [-0.2, -0.15) is 13.2 Å². The predicted molar refractivity (Wildman–Crippen MR) is 125 cm³/mol. The first-order chi connectivity index (χ1) is 16.7. The Morgan fingerprint density at radius 2 is 1.66 bits per heavy atom. The first-order valence-corrected chi connectivity index (χ1v) is 11.2. The largest absolute Gasteiger partial charge is 0.454 e. The maximum Gasteiger partial charge on any atom is 0.416 e. The molecule has 0 saturated heterocycles. The maximum atomic E-state index is 13.7. The van der Waals surface area contributed by atoms with Crippen LogP contribution in [0.1, 0.15) is 41.3 Å². The van der Waals surface area contributed by atoms with Crippen molar-refractivity contribution < 1.29 is 33.7 Å². The number of ketones is 1. The highest BCUT2D eigenvalue weighted by atomic mass is 19.4. The van der Waals surface area contributed by atoms with Crippen LogP contribution in [0.4, 0.5) is 13.2 Å². The number of nitrogens with one attached hydrogen (secondary N) is 1. The van der Waals surface area contributed by atoms with Gasteiger partial charge >= 0.3 is 6.18 Å². The van der Waals surface area contributed by atoms with Crippen molar-refractivity contribution in [1.82, 2.24) is 5.32 Å². The second-order valence-electron chi connectivity index (χ2n) is 8.82. The third kappa shape index (κ3) is 4.36. The van der Waals surface area contributed by atoms with E-state index in [1.54, 1.807) is 42.5 Å². The molecular formula is C27H24F3NO4. The molecule has 0 radical (unpaired) electrons. The maximum absolute atomic E-state index is 13.7. The van der Waals surface area contributed by atoms with Gasteiger partial charge in [0.15, 0.2) is 11.5 Å². The molecule has 3 aromatic carbocycles. The molecule has 182 valence electrons. The zero-order valence-electron chi connectivity index (χ0n) is 18.9. The van der Waals surface area contributed by atoms with Crippen LogP contribution >= 0.6 is 0 Å². The molecule has 0 bridgehead atoms. The topological polar surface area (TPSA) is 64.6 Å². The Balaban J connectivity index is 0.00000304. The summed E-state index contributed by atoms with van der Waals surface area (Å²) in [5.41, 5.74) is 0.809. The van der Waals surface area contributed by atoms with Crippen molar-refractivity contribution in [3.8, 4) is 22.6 Å². The number of Topliss-reactive ketones (excluding diaryl/α,β-unsaturated/α-hetero) is 1. The fourth-order valence-electron chi connectivity index (χ4n) is 4.49. The summed E-state index contributed by atoms with van der Waals surface area (Å²) < 4.78 is 51.8. The summed E-state index contributed by atoms with van der Waals surface area (Å²) in [7, 11) is 1.50. The Labute approximate surface area is 201 Å². The second-order valence-corrected chi connectivity index (χ2v) is 8.82. The molecule has 35 heavy (non-hydrogen) atoms. The summed E-state index contributed by atoms with van der Waals surface area (Å²) in [6.07, 6.45) is -3.41. The van der Waals surface area contributed by atoms with E-state index in [-0.39, 0.29) is 26.3 Å². The summed E-state index contributed by atoms with van der Waals surface area (Å²) in [6, 6.07) is 15.4. The monoisotopic (exact) mass is 483 g/mol. The van der Waals surface area contributed by atoms with Crippen LogP contribution < -0.4 is 14.8 Å². The number of amides is 1. The van der Waals surface area contributed by atoms with Crippen LogP contribution in [0.25, 0.3) is 11.1 Å². The van der Waals surface area contributed by atoms with Gasteiger partial charge in [-0.05, 0) is 71.5 Å². The fraction of sp³-hybridized carbons (Fsp3) is 0.259. The fourth-order valence-corrected chi connectivity index (χ4v) is 4.49. The highest BCUT2D eigenvalue weighted by molar-refractivity contribution is 5.95. The smallest absolute Gasteiger partial charge is 0.416 e. The molecule has 3 aromatic rings. The van der Waals surface area contributed by atoms with Crippen LogP contribution in [0.5, 0.6) is 11.5 Å². The third-order valence-corrected chi connectivity index (χ3v) is 6.60.